The number of pyridine rings is 1. The first-order chi connectivity index (χ1) is 7.99. The van der Waals surface area contributed by atoms with Crippen LogP contribution >= 0.6 is 0 Å². The van der Waals surface area contributed by atoms with Crippen LogP contribution in [0.4, 0.5) is 0 Å². The first-order valence-electron chi connectivity index (χ1n) is 4.79. The van der Waals surface area contributed by atoms with Gasteiger partial charge in [0, 0.05) is 11.8 Å². The summed E-state index contributed by atoms with van der Waals surface area (Å²) in [6, 6.07) is 3.29. The number of primary amides is 1. The first kappa shape index (κ1) is 12.7. The van der Waals surface area contributed by atoms with Crippen LogP contribution in [0.25, 0.3) is 6.08 Å². The second-order valence-electron chi connectivity index (χ2n) is 3.26. The molecule has 1 heterocycles. The van der Waals surface area contributed by atoms with Crippen LogP contribution in [-0.4, -0.2) is 28.6 Å². The fraction of sp³-hybridized carbons (Fsp3) is 0.182. The summed E-state index contributed by atoms with van der Waals surface area (Å²) < 4.78 is 5.10. The van der Waals surface area contributed by atoms with Gasteiger partial charge in [-0.05, 0) is 25.1 Å². The molecular formula is C11H12N2O4. The topological polar surface area (TPSA) is 103 Å². The Morgan fingerprint density at radius 1 is 1.53 bits per heavy atom. The van der Waals surface area contributed by atoms with Crippen LogP contribution in [0.2, 0.25) is 0 Å². The maximum Gasteiger partial charge on any atom is 0.328 e. The summed E-state index contributed by atoms with van der Waals surface area (Å²) >= 11 is 0. The van der Waals surface area contributed by atoms with Crippen molar-refractivity contribution in [1.29, 1.82) is 0 Å². The predicted molar refractivity (Wildman–Crippen MR) is 60.3 cm³/mol. The molecule has 0 saturated heterocycles. The summed E-state index contributed by atoms with van der Waals surface area (Å²) in [5.74, 6) is -1.39. The van der Waals surface area contributed by atoms with E-state index in [2.05, 4.69) is 4.98 Å². The van der Waals surface area contributed by atoms with Crippen LogP contribution in [0, 0.1) is 6.92 Å². The van der Waals surface area contributed by atoms with Crippen molar-refractivity contribution in [3.8, 4) is 5.75 Å². The first-order valence-corrected chi connectivity index (χ1v) is 4.79. The van der Waals surface area contributed by atoms with Gasteiger partial charge >= 0.3 is 5.97 Å². The summed E-state index contributed by atoms with van der Waals surface area (Å²) in [5.41, 5.74) is 6.00. The van der Waals surface area contributed by atoms with Crippen LogP contribution in [0.5, 0.6) is 5.75 Å². The number of carboxylic acid groups (broad SMARTS) is 1. The summed E-state index contributed by atoms with van der Waals surface area (Å²) in [4.78, 5) is 25.1. The average molecular weight is 236 g/mol. The van der Waals surface area contributed by atoms with Crippen LogP contribution in [0.1, 0.15) is 11.4 Å². The van der Waals surface area contributed by atoms with Crippen LogP contribution in [-0.2, 0) is 9.59 Å². The van der Waals surface area contributed by atoms with Gasteiger partial charge in [0.2, 0.25) is 0 Å². The fourth-order valence-corrected chi connectivity index (χ4v) is 1.10. The minimum absolute atomic E-state index is 0.279. The molecule has 1 rings (SSSR count). The Labute approximate surface area is 97.7 Å². The molecule has 1 aromatic heterocycles. The minimum Gasteiger partial charge on any atom is -0.482 e. The predicted octanol–water partition coefficient (Wildman–Crippen LogP) is 0.352. The number of aryl methyl sites for hydroxylation is 1. The Morgan fingerprint density at radius 2 is 2.24 bits per heavy atom. The number of nitrogens with two attached hydrogens (primary N) is 1. The third-order valence-corrected chi connectivity index (χ3v) is 1.78. The number of ether oxygens (including phenoxy) is 1. The van der Waals surface area contributed by atoms with Crippen molar-refractivity contribution in [2.24, 2.45) is 5.73 Å². The highest BCUT2D eigenvalue weighted by Crippen LogP contribution is 2.18. The molecule has 0 aliphatic heterocycles. The molecule has 0 spiro atoms. The van der Waals surface area contributed by atoms with Gasteiger partial charge < -0.3 is 15.6 Å². The van der Waals surface area contributed by atoms with Crippen LogP contribution < -0.4 is 10.5 Å². The molecule has 3 N–H and O–H groups in total. The third-order valence-electron chi connectivity index (χ3n) is 1.78. The monoisotopic (exact) mass is 236 g/mol. The van der Waals surface area contributed by atoms with E-state index in [4.69, 9.17) is 15.6 Å². The maximum atomic E-state index is 10.6. The number of aromatic nitrogens is 1. The third kappa shape index (κ3) is 4.33. The van der Waals surface area contributed by atoms with Crippen molar-refractivity contribution < 1.29 is 19.4 Å². The van der Waals surface area contributed by atoms with Crippen LogP contribution in [0.3, 0.4) is 0 Å². The van der Waals surface area contributed by atoms with Crippen LogP contribution in [0.15, 0.2) is 18.2 Å². The van der Waals surface area contributed by atoms with Gasteiger partial charge in [0.1, 0.15) is 11.4 Å². The Bertz CT molecular complexity index is 469. The van der Waals surface area contributed by atoms with E-state index in [1.807, 2.05) is 0 Å². The molecule has 1 amide bonds. The van der Waals surface area contributed by atoms with E-state index < -0.39 is 11.9 Å². The van der Waals surface area contributed by atoms with E-state index in [1.165, 1.54) is 6.08 Å². The molecule has 90 valence electrons. The standard InChI is InChI=1S/C11H12N2O4/c1-7-2-4-9(17-6-10(12)14)8(13-7)3-5-11(15)16/h2-5H,6H2,1H3,(H2,12,14)(H,15,16). The summed E-state index contributed by atoms with van der Waals surface area (Å²) in [6.45, 7) is 1.48. The van der Waals surface area contributed by atoms with Gasteiger partial charge in [-0.3, -0.25) is 4.79 Å². The van der Waals surface area contributed by atoms with Gasteiger partial charge in [-0.2, -0.15) is 0 Å². The van der Waals surface area contributed by atoms with Crippen molar-refractivity contribution >= 4 is 18.0 Å². The smallest absolute Gasteiger partial charge is 0.328 e. The van der Waals surface area contributed by atoms with Crippen molar-refractivity contribution in [3.05, 3.63) is 29.6 Å². The zero-order valence-corrected chi connectivity index (χ0v) is 9.21. The molecule has 0 saturated carbocycles. The quantitative estimate of drug-likeness (QED) is 0.718. The number of hydrogen-bond acceptors (Lipinski definition) is 4. The molecule has 6 nitrogen and oxygen atoms in total. The Morgan fingerprint density at radius 3 is 2.82 bits per heavy atom. The van der Waals surface area contributed by atoms with Gasteiger partial charge in [0.25, 0.3) is 5.91 Å². The number of carbonyl (C=O) groups excluding carboxylic acids is 1. The zero-order valence-electron chi connectivity index (χ0n) is 9.21. The molecule has 6 heteroatoms. The van der Waals surface area contributed by atoms with Gasteiger partial charge in [-0.1, -0.05) is 0 Å². The number of aliphatic carboxylic acids is 1. The van der Waals surface area contributed by atoms with E-state index in [1.54, 1.807) is 19.1 Å². The van der Waals surface area contributed by atoms with Crippen molar-refractivity contribution in [2.75, 3.05) is 6.61 Å². The van der Waals surface area contributed by atoms with E-state index in [-0.39, 0.29) is 6.61 Å². The number of carboxylic acids is 1. The molecule has 1 aromatic rings. The molecule has 0 aliphatic carbocycles. The van der Waals surface area contributed by atoms with Crippen molar-refractivity contribution in [1.82, 2.24) is 4.98 Å². The number of hydrogen-bond donors (Lipinski definition) is 2. The van der Waals surface area contributed by atoms with Gasteiger partial charge in [-0.25, -0.2) is 9.78 Å². The molecular weight excluding hydrogens is 224 g/mol. The van der Waals surface area contributed by atoms with Gasteiger partial charge in [0.05, 0.1) is 0 Å². The lowest BCUT2D eigenvalue weighted by atomic mass is 10.2. The lowest BCUT2D eigenvalue weighted by Gasteiger charge is -2.07. The molecule has 0 bridgehead atoms. The fourth-order valence-electron chi connectivity index (χ4n) is 1.10. The highest BCUT2D eigenvalue weighted by Gasteiger charge is 2.05. The normalized spacial score (nSPS) is 10.4. The summed E-state index contributed by atoms with van der Waals surface area (Å²) in [5, 5.41) is 8.52. The highest BCUT2D eigenvalue weighted by atomic mass is 16.5. The number of nitrogens with zero attached hydrogens (tertiary/aromatic N) is 1. The Kier molecular flexibility index (Phi) is 4.21. The molecule has 0 radical (unpaired) electrons. The van der Waals surface area contributed by atoms with E-state index in [0.29, 0.717) is 17.1 Å². The highest BCUT2D eigenvalue weighted by molar-refractivity contribution is 5.85. The Hall–Kier alpha value is -2.37. The lowest BCUT2D eigenvalue weighted by Crippen LogP contribution is -2.20. The second-order valence-corrected chi connectivity index (χ2v) is 3.26. The van der Waals surface area contributed by atoms with E-state index >= 15 is 0 Å². The van der Waals surface area contributed by atoms with E-state index in [0.717, 1.165) is 6.08 Å². The average Bonchev–Trinajstić information content (AvgIpc) is 2.24. The summed E-state index contributed by atoms with van der Waals surface area (Å²) in [7, 11) is 0. The molecule has 0 unspecified atom stereocenters. The maximum absolute atomic E-state index is 10.6. The molecule has 0 fully saturated rings. The van der Waals surface area contributed by atoms with E-state index in [9.17, 15) is 9.59 Å². The second kappa shape index (κ2) is 5.64. The molecule has 0 aromatic carbocycles. The molecule has 0 aliphatic rings. The largest absolute Gasteiger partial charge is 0.482 e. The lowest BCUT2D eigenvalue weighted by molar-refractivity contribution is -0.131. The molecule has 0 atom stereocenters. The Balaban J connectivity index is 2.95. The van der Waals surface area contributed by atoms with Crippen molar-refractivity contribution in [2.45, 2.75) is 6.92 Å². The SMILES string of the molecule is Cc1ccc(OCC(N)=O)c(C=CC(=O)O)n1. The number of carbonyl (C=O) groups is 2. The van der Waals surface area contributed by atoms with Gasteiger partial charge in [0.15, 0.2) is 6.61 Å². The summed E-state index contributed by atoms with van der Waals surface area (Å²) in [6.07, 6.45) is 2.24. The molecule has 17 heavy (non-hydrogen) atoms. The van der Waals surface area contributed by atoms with Crippen molar-refractivity contribution in [3.63, 3.8) is 0 Å². The zero-order chi connectivity index (χ0) is 12.8. The van der Waals surface area contributed by atoms with Gasteiger partial charge in [-0.15, -0.1) is 0 Å². The minimum atomic E-state index is -1.09. The number of rotatable bonds is 5. The number of amides is 1.